The fourth-order valence-corrected chi connectivity index (χ4v) is 1.46. The summed E-state index contributed by atoms with van der Waals surface area (Å²) in [6, 6.07) is 5.68. The van der Waals surface area contributed by atoms with Gasteiger partial charge in [-0.25, -0.2) is 0 Å². The number of rotatable bonds is 4. The fraction of sp³-hybridized carbons (Fsp3) is 0.467. The van der Waals surface area contributed by atoms with E-state index in [1.165, 1.54) is 0 Å². The molecule has 1 aromatic carbocycles. The van der Waals surface area contributed by atoms with Gasteiger partial charge in [-0.2, -0.15) is 0 Å². The summed E-state index contributed by atoms with van der Waals surface area (Å²) in [4.78, 5) is 0. The van der Waals surface area contributed by atoms with Crippen molar-refractivity contribution in [3.8, 4) is 23.3 Å². The van der Waals surface area contributed by atoms with Gasteiger partial charge in [-0.05, 0) is 26.8 Å². The van der Waals surface area contributed by atoms with E-state index in [4.69, 9.17) is 15.2 Å². The van der Waals surface area contributed by atoms with Crippen molar-refractivity contribution in [2.75, 3.05) is 13.7 Å². The molecule has 0 radical (unpaired) electrons. The summed E-state index contributed by atoms with van der Waals surface area (Å²) in [5.41, 5.74) is 6.59. The van der Waals surface area contributed by atoms with E-state index in [2.05, 4.69) is 32.6 Å². The van der Waals surface area contributed by atoms with E-state index in [1.807, 2.05) is 18.2 Å². The third-order valence-electron chi connectivity index (χ3n) is 2.25. The van der Waals surface area contributed by atoms with E-state index < -0.39 is 0 Å². The molecule has 0 aliphatic carbocycles. The Morgan fingerprint density at radius 3 is 2.56 bits per heavy atom. The number of methoxy groups -OCH3 is 1. The Morgan fingerprint density at radius 2 is 2.00 bits per heavy atom. The van der Waals surface area contributed by atoms with Gasteiger partial charge < -0.3 is 15.2 Å². The van der Waals surface area contributed by atoms with Gasteiger partial charge in [0.1, 0.15) is 6.61 Å². The summed E-state index contributed by atoms with van der Waals surface area (Å²) < 4.78 is 10.9. The molecule has 0 spiro atoms. The Labute approximate surface area is 109 Å². The summed E-state index contributed by atoms with van der Waals surface area (Å²) >= 11 is 0. The molecule has 0 bridgehead atoms. The van der Waals surface area contributed by atoms with Crippen LogP contribution in [0.2, 0.25) is 0 Å². The fourth-order valence-electron chi connectivity index (χ4n) is 1.46. The van der Waals surface area contributed by atoms with Gasteiger partial charge in [0.05, 0.1) is 7.11 Å². The highest BCUT2D eigenvalue weighted by molar-refractivity contribution is 5.46. The normalized spacial score (nSPS) is 10.5. The second-order valence-corrected chi connectivity index (χ2v) is 4.99. The van der Waals surface area contributed by atoms with E-state index in [-0.39, 0.29) is 5.41 Å². The third kappa shape index (κ3) is 4.31. The number of benzene rings is 1. The molecule has 1 aromatic rings. The molecule has 0 amide bonds. The maximum Gasteiger partial charge on any atom is 0.167 e. The zero-order valence-electron chi connectivity index (χ0n) is 11.5. The van der Waals surface area contributed by atoms with Crippen molar-refractivity contribution in [3.63, 3.8) is 0 Å². The Morgan fingerprint density at radius 1 is 1.28 bits per heavy atom. The first-order valence-corrected chi connectivity index (χ1v) is 5.96. The van der Waals surface area contributed by atoms with Gasteiger partial charge in [0.2, 0.25) is 0 Å². The number of hydrogen-bond donors (Lipinski definition) is 1. The summed E-state index contributed by atoms with van der Waals surface area (Å²) in [7, 11) is 1.61. The Kier molecular flexibility index (Phi) is 5.06. The molecule has 3 heteroatoms. The standard InChI is InChI=1S/C15H21NO2/c1-15(2,3)9-6-10-18-14-12(11-16)7-5-8-13(14)17-4/h5,7-8H,10-11,16H2,1-4H3. The van der Waals surface area contributed by atoms with Crippen LogP contribution in [0.25, 0.3) is 0 Å². The van der Waals surface area contributed by atoms with E-state index in [1.54, 1.807) is 7.11 Å². The second kappa shape index (κ2) is 6.32. The second-order valence-electron chi connectivity index (χ2n) is 4.99. The van der Waals surface area contributed by atoms with Crippen LogP contribution in [0.5, 0.6) is 11.5 Å². The molecule has 0 atom stereocenters. The van der Waals surface area contributed by atoms with Gasteiger partial charge in [-0.15, -0.1) is 0 Å². The van der Waals surface area contributed by atoms with Gasteiger partial charge in [-0.1, -0.05) is 24.0 Å². The first-order valence-electron chi connectivity index (χ1n) is 5.96. The minimum atomic E-state index is -0.0131. The average molecular weight is 247 g/mol. The van der Waals surface area contributed by atoms with Crippen LogP contribution in [0.4, 0.5) is 0 Å². The number of para-hydroxylation sites is 1. The predicted molar refractivity (Wildman–Crippen MR) is 73.6 cm³/mol. The zero-order valence-corrected chi connectivity index (χ0v) is 11.5. The van der Waals surface area contributed by atoms with Gasteiger partial charge in [0.25, 0.3) is 0 Å². The largest absolute Gasteiger partial charge is 0.493 e. The van der Waals surface area contributed by atoms with Crippen LogP contribution in [0, 0.1) is 17.3 Å². The highest BCUT2D eigenvalue weighted by atomic mass is 16.5. The number of nitrogens with two attached hydrogens (primary N) is 1. The van der Waals surface area contributed by atoms with Crippen LogP contribution >= 0.6 is 0 Å². The molecule has 1 rings (SSSR count). The van der Waals surface area contributed by atoms with Crippen LogP contribution in [-0.2, 0) is 6.54 Å². The Balaban J connectivity index is 2.80. The Hall–Kier alpha value is -1.66. The van der Waals surface area contributed by atoms with Gasteiger partial charge >= 0.3 is 0 Å². The lowest BCUT2D eigenvalue weighted by Gasteiger charge is -2.12. The highest BCUT2D eigenvalue weighted by Crippen LogP contribution is 2.30. The molecule has 0 saturated heterocycles. The van der Waals surface area contributed by atoms with Crippen LogP contribution in [0.3, 0.4) is 0 Å². The van der Waals surface area contributed by atoms with Gasteiger partial charge in [-0.3, -0.25) is 0 Å². The van der Waals surface area contributed by atoms with Crippen molar-refractivity contribution in [2.45, 2.75) is 27.3 Å². The average Bonchev–Trinajstić information content (AvgIpc) is 2.33. The maximum absolute atomic E-state index is 5.68. The summed E-state index contributed by atoms with van der Waals surface area (Å²) in [5, 5.41) is 0. The zero-order chi connectivity index (χ0) is 13.6. The van der Waals surface area contributed by atoms with E-state index >= 15 is 0 Å². The molecule has 0 unspecified atom stereocenters. The molecular formula is C15H21NO2. The minimum absolute atomic E-state index is 0.0131. The third-order valence-corrected chi connectivity index (χ3v) is 2.25. The van der Waals surface area contributed by atoms with Crippen molar-refractivity contribution in [3.05, 3.63) is 23.8 Å². The van der Waals surface area contributed by atoms with Crippen LogP contribution in [0.1, 0.15) is 26.3 Å². The van der Waals surface area contributed by atoms with Crippen LogP contribution < -0.4 is 15.2 Å². The molecule has 18 heavy (non-hydrogen) atoms. The SMILES string of the molecule is COc1cccc(CN)c1OCC#CC(C)(C)C. The number of ether oxygens (including phenoxy) is 2. The molecule has 0 aromatic heterocycles. The molecule has 0 heterocycles. The lowest BCUT2D eigenvalue weighted by Crippen LogP contribution is -2.05. The Bertz CT molecular complexity index is 428. The van der Waals surface area contributed by atoms with Gasteiger partial charge in [0.15, 0.2) is 11.5 Å². The molecule has 0 saturated carbocycles. The highest BCUT2D eigenvalue weighted by Gasteiger charge is 2.09. The smallest absolute Gasteiger partial charge is 0.167 e. The maximum atomic E-state index is 5.68. The number of hydrogen-bond acceptors (Lipinski definition) is 3. The van der Waals surface area contributed by atoms with Crippen molar-refractivity contribution in [2.24, 2.45) is 11.1 Å². The molecule has 3 nitrogen and oxygen atoms in total. The summed E-state index contributed by atoms with van der Waals surface area (Å²) in [6.45, 7) is 6.95. The molecule has 98 valence electrons. The molecular weight excluding hydrogens is 226 g/mol. The van der Waals surface area contributed by atoms with Crippen LogP contribution in [0.15, 0.2) is 18.2 Å². The molecule has 0 fully saturated rings. The van der Waals surface area contributed by atoms with Crippen molar-refractivity contribution < 1.29 is 9.47 Å². The van der Waals surface area contributed by atoms with Crippen molar-refractivity contribution in [1.29, 1.82) is 0 Å². The van der Waals surface area contributed by atoms with Crippen molar-refractivity contribution in [1.82, 2.24) is 0 Å². The molecule has 0 aliphatic rings. The topological polar surface area (TPSA) is 44.5 Å². The quantitative estimate of drug-likeness (QED) is 0.832. The van der Waals surface area contributed by atoms with Crippen LogP contribution in [-0.4, -0.2) is 13.7 Å². The van der Waals surface area contributed by atoms with E-state index in [9.17, 15) is 0 Å². The lowest BCUT2D eigenvalue weighted by molar-refractivity contribution is 0.327. The minimum Gasteiger partial charge on any atom is -0.493 e. The summed E-state index contributed by atoms with van der Waals surface area (Å²) in [5.74, 6) is 7.50. The van der Waals surface area contributed by atoms with Crippen molar-refractivity contribution >= 4 is 0 Å². The summed E-state index contributed by atoms with van der Waals surface area (Å²) in [6.07, 6.45) is 0. The van der Waals surface area contributed by atoms with E-state index in [0.29, 0.717) is 24.7 Å². The van der Waals surface area contributed by atoms with Gasteiger partial charge in [0, 0.05) is 17.5 Å². The first-order chi connectivity index (χ1) is 8.48. The lowest BCUT2D eigenvalue weighted by atomic mass is 9.98. The predicted octanol–water partition coefficient (Wildman–Crippen LogP) is 2.58. The molecule has 2 N–H and O–H groups in total. The molecule has 0 aliphatic heterocycles. The monoisotopic (exact) mass is 247 g/mol. The first kappa shape index (κ1) is 14.4. The van der Waals surface area contributed by atoms with E-state index in [0.717, 1.165) is 5.56 Å².